The van der Waals surface area contributed by atoms with Gasteiger partial charge in [-0.25, -0.2) is 4.79 Å². The Labute approximate surface area is 72.1 Å². The van der Waals surface area contributed by atoms with Gasteiger partial charge in [0.1, 0.15) is 0 Å². The molecule has 2 fully saturated rings. The summed E-state index contributed by atoms with van der Waals surface area (Å²) in [6.07, 6.45) is 2.23. The number of nitrogens with one attached hydrogen (secondary N) is 3. The minimum Gasteiger partial charge on any atom is -0.338 e. The van der Waals surface area contributed by atoms with Gasteiger partial charge in [-0.1, -0.05) is 0 Å². The standard InChI is InChI=1S/C8H15N3O/c12-8-10-5-6-1-3-9-4-2-7(6)11-8/h6-7,9H,1-5H2,(H2,10,11,12). The molecule has 2 aliphatic rings. The van der Waals surface area contributed by atoms with Gasteiger partial charge in [-0.15, -0.1) is 0 Å². The van der Waals surface area contributed by atoms with Gasteiger partial charge in [0.15, 0.2) is 0 Å². The highest BCUT2D eigenvalue weighted by molar-refractivity contribution is 5.75. The lowest BCUT2D eigenvalue weighted by molar-refractivity contribution is 0.212. The van der Waals surface area contributed by atoms with Gasteiger partial charge in [-0.05, 0) is 31.8 Å². The van der Waals surface area contributed by atoms with Crippen molar-refractivity contribution < 1.29 is 4.79 Å². The first kappa shape index (κ1) is 7.86. The summed E-state index contributed by atoms with van der Waals surface area (Å²) in [5, 5.41) is 9.14. The van der Waals surface area contributed by atoms with Crippen molar-refractivity contribution in [3.63, 3.8) is 0 Å². The first-order valence-corrected chi connectivity index (χ1v) is 4.61. The fourth-order valence-corrected chi connectivity index (χ4v) is 1.98. The van der Waals surface area contributed by atoms with E-state index in [0.29, 0.717) is 12.0 Å². The summed E-state index contributed by atoms with van der Waals surface area (Å²) in [5.41, 5.74) is 0. The fourth-order valence-electron chi connectivity index (χ4n) is 1.98. The number of amides is 2. The van der Waals surface area contributed by atoms with Gasteiger partial charge in [0.2, 0.25) is 0 Å². The van der Waals surface area contributed by atoms with Crippen molar-refractivity contribution in [2.75, 3.05) is 19.6 Å². The van der Waals surface area contributed by atoms with Crippen molar-refractivity contribution >= 4 is 6.03 Å². The normalized spacial score (nSPS) is 35.8. The Kier molecular flexibility index (Phi) is 2.17. The molecule has 2 saturated heterocycles. The summed E-state index contributed by atoms with van der Waals surface area (Å²) in [7, 11) is 0. The molecule has 0 aromatic heterocycles. The number of urea groups is 1. The maximum absolute atomic E-state index is 11.0. The summed E-state index contributed by atoms with van der Waals surface area (Å²) < 4.78 is 0. The Hall–Kier alpha value is -0.770. The maximum Gasteiger partial charge on any atom is 0.315 e. The minimum absolute atomic E-state index is 0.00171. The molecule has 2 rings (SSSR count). The molecule has 0 radical (unpaired) electrons. The van der Waals surface area contributed by atoms with E-state index in [1.807, 2.05) is 0 Å². The van der Waals surface area contributed by atoms with Crippen LogP contribution in [-0.4, -0.2) is 31.7 Å². The van der Waals surface area contributed by atoms with Crippen LogP contribution in [0.4, 0.5) is 4.79 Å². The second-order valence-corrected chi connectivity index (χ2v) is 3.55. The molecule has 0 spiro atoms. The molecule has 2 atom stereocenters. The molecule has 2 amide bonds. The molecule has 2 aliphatic heterocycles. The second kappa shape index (κ2) is 3.31. The van der Waals surface area contributed by atoms with Gasteiger partial charge in [-0.2, -0.15) is 0 Å². The van der Waals surface area contributed by atoms with Crippen LogP contribution in [0.3, 0.4) is 0 Å². The lowest BCUT2D eigenvalue weighted by Gasteiger charge is -2.31. The second-order valence-electron chi connectivity index (χ2n) is 3.55. The molecule has 0 saturated carbocycles. The predicted octanol–water partition coefficient (Wildman–Crippen LogP) is -0.333. The Morgan fingerprint density at radius 2 is 2.08 bits per heavy atom. The molecule has 0 aromatic carbocycles. The smallest absolute Gasteiger partial charge is 0.315 e. The zero-order chi connectivity index (χ0) is 8.39. The molecule has 0 aliphatic carbocycles. The SMILES string of the molecule is O=C1NCC2CCNCCC2N1. The van der Waals surface area contributed by atoms with Crippen LogP contribution in [-0.2, 0) is 0 Å². The maximum atomic E-state index is 11.0. The first-order chi connectivity index (χ1) is 5.86. The monoisotopic (exact) mass is 169 g/mol. The number of carbonyl (C=O) groups excluding carboxylic acids is 1. The van der Waals surface area contributed by atoms with E-state index >= 15 is 0 Å². The van der Waals surface area contributed by atoms with Gasteiger partial charge in [-0.3, -0.25) is 0 Å². The zero-order valence-electron chi connectivity index (χ0n) is 7.10. The third-order valence-electron chi connectivity index (χ3n) is 2.73. The minimum atomic E-state index is -0.00171. The fraction of sp³-hybridized carbons (Fsp3) is 0.875. The molecule has 0 bridgehead atoms. The number of hydrogen-bond donors (Lipinski definition) is 3. The summed E-state index contributed by atoms with van der Waals surface area (Å²) in [4.78, 5) is 11.0. The van der Waals surface area contributed by atoms with Crippen LogP contribution in [0.2, 0.25) is 0 Å². The lowest BCUT2D eigenvalue weighted by atomic mass is 9.93. The average Bonchev–Trinajstić information content (AvgIpc) is 2.28. The van der Waals surface area contributed by atoms with Gasteiger partial charge in [0.05, 0.1) is 0 Å². The predicted molar refractivity (Wildman–Crippen MR) is 45.9 cm³/mol. The molecule has 3 N–H and O–H groups in total. The highest BCUT2D eigenvalue weighted by Gasteiger charge is 2.28. The molecule has 0 aromatic rings. The van der Waals surface area contributed by atoms with E-state index < -0.39 is 0 Å². The van der Waals surface area contributed by atoms with Crippen molar-refractivity contribution in [3.05, 3.63) is 0 Å². The topological polar surface area (TPSA) is 53.2 Å². The largest absolute Gasteiger partial charge is 0.338 e. The summed E-state index contributed by atoms with van der Waals surface area (Å²) in [5.74, 6) is 0.623. The molecule has 4 heteroatoms. The Morgan fingerprint density at radius 3 is 3.00 bits per heavy atom. The highest BCUT2D eigenvalue weighted by atomic mass is 16.2. The van der Waals surface area contributed by atoms with Crippen molar-refractivity contribution in [2.24, 2.45) is 5.92 Å². The van der Waals surface area contributed by atoms with E-state index in [9.17, 15) is 4.79 Å². The third-order valence-corrected chi connectivity index (χ3v) is 2.73. The van der Waals surface area contributed by atoms with Crippen molar-refractivity contribution in [1.82, 2.24) is 16.0 Å². The molecule has 2 unspecified atom stereocenters. The van der Waals surface area contributed by atoms with Gasteiger partial charge in [0.25, 0.3) is 0 Å². The Balaban J connectivity index is 1.99. The molecule has 12 heavy (non-hydrogen) atoms. The number of carbonyl (C=O) groups is 1. The third kappa shape index (κ3) is 1.53. The first-order valence-electron chi connectivity index (χ1n) is 4.61. The quantitative estimate of drug-likeness (QED) is 0.465. The van der Waals surface area contributed by atoms with Crippen molar-refractivity contribution in [1.29, 1.82) is 0 Å². The summed E-state index contributed by atoms with van der Waals surface area (Å²) >= 11 is 0. The number of fused-ring (bicyclic) bond motifs is 1. The van der Waals surface area contributed by atoms with E-state index in [-0.39, 0.29) is 6.03 Å². The highest BCUT2D eigenvalue weighted by Crippen LogP contribution is 2.15. The molecular formula is C8H15N3O. The van der Waals surface area contributed by atoms with Crippen LogP contribution < -0.4 is 16.0 Å². The molecule has 2 heterocycles. The lowest BCUT2D eigenvalue weighted by Crippen LogP contribution is -2.54. The van der Waals surface area contributed by atoms with Crippen molar-refractivity contribution in [3.8, 4) is 0 Å². The van der Waals surface area contributed by atoms with Crippen molar-refractivity contribution in [2.45, 2.75) is 18.9 Å². The van der Waals surface area contributed by atoms with Gasteiger partial charge in [0, 0.05) is 12.6 Å². The van der Waals surface area contributed by atoms with Crippen LogP contribution in [0.1, 0.15) is 12.8 Å². The Bertz CT molecular complexity index is 183. The van der Waals surface area contributed by atoms with E-state index in [1.54, 1.807) is 0 Å². The van der Waals surface area contributed by atoms with E-state index in [0.717, 1.165) is 32.5 Å². The van der Waals surface area contributed by atoms with Crippen LogP contribution >= 0.6 is 0 Å². The number of rotatable bonds is 0. The van der Waals surface area contributed by atoms with Crippen LogP contribution in [0.25, 0.3) is 0 Å². The average molecular weight is 169 g/mol. The summed E-state index contributed by atoms with van der Waals surface area (Å²) in [6.45, 7) is 2.96. The van der Waals surface area contributed by atoms with Crippen LogP contribution in [0.5, 0.6) is 0 Å². The molecular weight excluding hydrogens is 154 g/mol. The van der Waals surface area contributed by atoms with E-state index in [2.05, 4.69) is 16.0 Å². The zero-order valence-corrected chi connectivity index (χ0v) is 7.10. The van der Waals surface area contributed by atoms with Gasteiger partial charge < -0.3 is 16.0 Å². The van der Waals surface area contributed by atoms with Gasteiger partial charge >= 0.3 is 6.03 Å². The van der Waals surface area contributed by atoms with Crippen LogP contribution in [0, 0.1) is 5.92 Å². The molecule has 68 valence electrons. The van der Waals surface area contributed by atoms with Crippen LogP contribution in [0.15, 0.2) is 0 Å². The Morgan fingerprint density at radius 1 is 1.25 bits per heavy atom. The number of hydrogen-bond acceptors (Lipinski definition) is 2. The summed E-state index contributed by atoms with van der Waals surface area (Å²) in [6, 6.07) is 0.395. The van der Waals surface area contributed by atoms with E-state index in [1.165, 1.54) is 0 Å². The van der Waals surface area contributed by atoms with E-state index in [4.69, 9.17) is 0 Å². The molecule has 4 nitrogen and oxygen atoms in total.